The molecule has 0 fully saturated rings. The largest absolute Gasteiger partial charge is 0.508 e. The molecule has 0 aliphatic carbocycles. The van der Waals surface area contributed by atoms with Gasteiger partial charge in [0.2, 0.25) is 5.91 Å². The van der Waals surface area contributed by atoms with E-state index < -0.39 is 6.10 Å². The fourth-order valence-electron chi connectivity index (χ4n) is 4.26. The number of aromatic hydroxyl groups is 2. The number of fused-ring (bicyclic) bond motifs is 1. The summed E-state index contributed by atoms with van der Waals surface area (Å²) in [6.45, 7) is 0.286. The third kappa shape index (κ3) is 5.39. The Morgan fingerprint density at radius 1 is 1.03 bits per heavy atom. The molecule has 1 aliphatic rings. The van der Waals surface area contributed by atoms with E-state index in [1.807, 2.05) is 18.2 Å². The standard InChI is InChI=1S/C28H29NO7/c1-34-24-15-19(6-9-23(24)32)27-22(16-30)21-13-18(14-25(35-2)28(21)36-27)5-10-26(33)29-12-11-17-3-7-20(31)8-4-17/h3-10,13-15,22,27,30-32H,11-12,16H2,1-2H3,(H,29,33)/b10-5+/t22-,27+/m1/s1. The Hall–Kier alpha value is -4.17. The summed E-state index contributed by atoms with van der Waals surface area (Å²) in [7, 11) is 3.01. The lowest BCUT2D eigenvalue weighted by molar-refractivity contribution is -0.116. The van der Waals surface area contributed by atoms with Crippen molar-refractivity contribution >= 4 is 12.0 Å². The average Bonchev–Trinajstić information content (AvgIpc) is 3.27. The van der Waals surface area contributed by atoms with Gasteiger partial charge in [0.1, 0.15) is 11.9 Å². The highest BCUT2D eigenvalue weighted by atomic mass is 16.5. The fraction of sp³-hybridized carbons (Fsp3) is 0.250. The number of methoxy groups -OCH3 is 2. The van der Waals surface area contributed by atoms with Gasteiger partial charge in [-0.2, -0.15) is 0 Å². The summed E-state index contributed by atoms with van der Waals surface area (Å²) in [4.78, 5) is 12.3. The quantitative estimate of drug-likeness (QED) is 0.337. The van der Waals surface area contributed by atoms with E-state index >= 15 is 0 Å². The van der Waals surface area contributed by atoms with Crippen LogP contribution in [0.5, 0.6) is 28.7 Å². The average molecular weight is 492 g/mol. The number of phenolic OH excluding ortho intramolecular Hbond substituents is 2. The van der Waals surface area contributed by atoms with Crippen LogP contribution in [0.4, 0.5) is 0 Å². The molecule has 1 aliphatic heterocycles. The van der Waals surface area contributed by atoms with E-state index in [4.69, 9.17) is 14.2 Å². The van der Waals surface area contributed by atoms with Crippen molar-refractivity contribution in [3.05, 3.63) is 82.9 Å². The van der Waals surface area contributed by atoms with Gasteiger partial charge in [-0.15, -0.1) is 0 Å². The smallest absolute Gasteiger partial charge is 0.244 e. The maximum atomic E-state index is 12.3. The number of carbonyl (C=O) groups excluding carboxylic acids is 1. The van der Waals surface area contributed by atoms with Crippen LogP contribution in [0, 0.1) is 0 Å². The van der Waals surface area contributed by atoms with Crippen LogP contribution in [0.1, 0.15) is 34.3 Å². The summed E-state index contributed by atoms with van der Waals surface area (Å²) < 4.78 is 17.0. The van der Waals surface area contributed by atoms with Crippen LogP contribution < -0.4 is 19.5 Å². The molecule has 3 aromatic rings. The lowest BCUT2D eigenvalue weighted by Crippen LogP contribution is -2.23. The number of hydrogen-bond donors (Lipinski definition) is 4. The molecule has 188 valence electrons. The number of phenols is 2. The zero-order chi connectivity index (χ0) is 25.7. The summed E-state index contributed by atoms with van der Waals surface area (Å²) >= 11 is 0. The Kier molecular flexibility index (Phi) is 7.65. The Morgan fingerprint density at radius 3 is 2.47 bits per heavy atom. The van der Waals surface area contributed by atoms with Crippen molar-refractivity contribution in [3.8, 4) is 28.7 Å². The first-order chi connectivity index (χ1) is 17.4. The van der Waals surface area contributed by atoms with E-state index in [0.717, 1.165) is 22.3 Å². The molecule has 8 heteroatoms. The summed E-state index contributed by atoms with van der Waals surface area (Å²) in [5, 5.41) is 32.3. The number of benzene rings is 3. The van der Waals surface area contributed by atoms with E-state index in [1.165, 1.54) is 26.4 Å². The van der Waals surface area contributed by atoms with E-state index in [9.17, 15) is 20.1 Å². The minimum atomic E-state index is -0.504. The molecule has 0 aromatic heterocycles. The van der Waals surface area contributed by atoms with Crippen LogP contribution >= 0.6 is 0 Å². The molecular weight excluding hydrogens is 462 g/mol. The number of hydrogen-bond acceptors (Lipinski definition) is 7. The second kappa shape index (κ2) is 11.0. The molecule has 4 N–H and O–H groups in total. The van der Waals surface area contributed by atoms with Gasteiger partial charge in [-0.1, -0.05) is 18.2 Å². The zero-order valence-corrected chi connectivity index (χ0v) is 20.1. The molecule has 0 unspecified atom stereocenters. The Morgan fingerprint density at radius 2 is 1.78 bits per heavy atom. The molecule has 8 nitrogen and oxygen atoms in total. The van der Waals surface area contributed by atoms with Gasteiger partial charge in [0.15, 0.2) is 23.0 Å². The fourth-order valence-corrected chi connectivity index (χ4v) is 4.26. The van der Waals surface area contributed by atoms with Crippen LogP contribution in [0.15, 0.2) is 60.7 Å². The van der Waals surface area contributed by atoms with E-state index in [2.05, 4.69) is 5.32 Å². The van der Waals surface area contributed by atoms with Crippen molar-refractivity contribution < 1.29 is 34.3 Å². The first-order valence-corrected chi connectivity index (χ1v) is 11.5. The first-order valence-electron chi connectivity index (χ1n) is 11.5. The molecule has 36 heavy (non-hydrogen) atoms. The summed E-state index contributed by atoms with van der Waals surface area (Å²) in [6, 6.07) is 15.4. The number of aliphatic hydroxyl groups excluding tert-OH is 1. The lowest BCUT2D eigenvalue weighted by atomic mass is 9.90. The van der Waals surface area contributed by atoms with Gasteiger partial charge in [-0.3, -0.25) is 4.79 Å². The SMILES string of the molecule is COc1cc([C@@H]2Oc3c(OC)cc(/C=C/C(=O)NCCc4ccc(O)cc4)cc3[C@H]2CO)ccc1O. The molecule has 0 bridgehead atoms. The van der Waals surface area contributed by atoms with E-state index in [1.54, 1.807) is 36.4 Å². The highest BCUT2D eigenvalue weighted by molar-refractivity contribution is 5.91. The normalized spacial score (nSPS) is 16.4. The Labute approximate surface area is 209 Å². The molecule has 1 heterocycles. The Bertz CT molecular complexity index is 1250. The van der Waals surface area contributed by atoms with Gasteiger partial charge in [0.05, 0.1) is 26.7 Å². The van der Waals surface area contributed by atoms with Gasteiger partial charge in [-0.25, -0.2) is 0 Å². The van der Waals surface area contributed by atoms with Crippen LogP contribution in [0.2, 0.25) is 0 Å². The summed E-state index contributed by atoms with van der Waals surface area (Å²) in [5.41, 5.74) is 3.25. The van der Waals surface area contributed by atoms with Crippen LogP contribution in [0.3, 0.4) is 0 Å². The third-order valence-electron chi connectivity index (χ3n) is 6.14. The number of carbonyl (C=O) groups is 1. The van der Waals surface area contributed by atoms with Crippen molar-refractivity contribution in [1.29, 1.82) is 0 Å². The van der Waals surface area contributed by atoms with Gasteiger partial charge in [0, 0.05) is 18.2 Å². The van der Waals surface area contributed by atoms with Crippen LogP contribution in [0.25, 0.3) is 6.08 Å². The highest BCUT2D eigenvalue weighted by Crippen LogP contribution is 2.51. The summed E-state index contributed by atoms with van der Waals surface area (Å²) in [5.74, 6) is 0.946. The molecule has 0 radical (unpaired) electrons. The molecule has 0 saturated carbocycles. The van der Waals surface area contributed by atoms with Crippen LogP contribution in [-0.4, -0.2) is 48.6 Å². The lowest BCUT2D eigenvalue weighted by Gasteiger charge is -2.18. The zero-order valence-electron chi connectivity index (χ0n) is 20.1. The third-order valence-corrected chi connectivity index (χ3v) is 6.14. The molecular formula is C28H29NO7. The number of aliphatic hydroxyl groups is 1. The first kappa shape index (κ1) is 24.9. The van der Waals surface area contributed by atoms with Gasteiger partial charge in [0.25, 0.3) is 0 Å². The van der Waals surface area contributed by atoms with Gasteiger partial charge >= 0.3 is 0 Å². The van der Waals surface area contributed by atoms with Crippen molar-refractivity contribution in [3.63, 3.8) is 0 Å². The van der Waals surface area contributed by atoms with Crippen molar-refractivity contribution in [1.82, 2.24) is 5.32 Å². The topological polar surface area (TPSA) is 117 Å². The van der Waals surface area contributed by atoms with Gasteiger partial charge in [-0.05, 0) is 65.6 Å². The summed E-state index contributed by atoms with van der Waals surface area (Å²) in [6.07, 6.45) is 3.27. The van der Waals surface area contributed by atoms with E-state index in [-0.39, 0.29) is 29.9 Å². The monoisotopic (exact) mass is 491 g/mol. The minimum Gasteiger partial charge on any atom is -0.508 e. The maximum absolute atomic E-state index is 12.3. The molecule has 3 aromatic carbocycles. The highest BCUT2D eigenvalue weighted by Gasteiger charge is 2.37. The second-order valence-corrected chi connectivity index (χ2v) is 8.44. The van der Waals surface area contributed by atoms with Crippen molar-refractivity contribution in [2.45, 2.75) is 18.4 Å². The van der Waals surface area contributed by atoms with Crippen molar-refractivity contribution in [2.75, 3.05) is 27.4 Å². The molecule has 0 saturated heterocycles. The molecule has 4 rings (SSSR count). The van der Waals surface area contributed by atoms with Gasteiger partial charge < -0.3 is 34.8 Å². The Balaban J connectivity index is 1.49. The van der Waals surface area contributed by atoms with Crippen molar-refractivity contribution in [2.24, 2.45) is 0 Å². The molecule has 2 atom stereocenters. The predicted molar refractivity (Wildman–Crippen MR) is 135 cm³/mol. The second-order valence-electron chi connectivity index (χ2n) is 8.44. The molecule has 1 amide bonds. The van der Waals surface area contributed by atoms with Crippen LogP contribution in [-0.2, 0) is 11.2 Å². The number of rotatable bonds is 9. The number of nitrogens with one attached hydrogen (secondary N) is 1. The number of ether oxygens (including phenoxy) is 3. The minimum absolute atomic E-state index is 0.0173. The predicted octanol–water partition coefficient (Wildman–Crippen LogP) is 3.70. The number of amides is 1. The maximum Gasteiger partial charge on any atom is 0.244 e. The molecule has 0 spiro atoms. The van der Waals surface area contributed by atoms with E-state index in [0.29, 0.717) is 30.2 Å².